The summed E-state index contributed by atoms with van der Waals surface area (Å²) in [6, 6.07) is 11.5. The van der Waals surface area contributed by atoms with Crippen molar-refractivity contribution in [3.63, 3.8) is 0 Å². The van der Waals surface area contributed by atoms with Crippen LogP contribution >= 0.6 is 27.3 Å². The summed E-state index contributed by atoms with van der Waals surface area (Å²) in [5, 5.41) is 5.06. The van der Waals surface area contributed by atoms with Crippen LogP contribution in [-0.4, -0.2) is 12.5 Å². The van der Waals surface area contributed by atoms with Gasteiger partial charge < -0.3 is 10.1 Å². The second kappa shape index (κ2) is 7.61. The number of ether oxygens (including phenoxy) is 1. The Kier molecular flexibility index (Phi) is 5.82. The summed E-state index contributed by atoms with van der Waals surface area (Å²) < 4.78 is 6.44. The molecule has 1 amide bonds. The summed E-state index contributed by atoms with van der Waals surface area (Å²) in [6.45, 7) is 4.21. The Morgan fingerprint density at radius 3 is 2.76 bits per heavy atom. The predicted molar refractivity (Wildman–Crippen MR) is 89.7 cm³/mol. The van der Waals surface area contributed by atoms with Gasteiger partial charge in [-0.15, -0.1) is 11.3 Å². The first-order chi connectivity index (χ1) is 10.1. The summed E-state index contributed by atoms with van der Waals surface area (Å²) in [7, 11) is 0. The van der Waals surface area contributed by atoms with Crippen molar-refractivity contribution in [1.29, 1.82) is 0 Å². The molecule has 0 unspecified atom stereocenters. The van der Waals surface area contributed by atoms with Crippen molar-refractivity contribution >= 4 is 33.2 Å². The number of thiophene rings is 1. The highest BCUT2D eigenvalue weighted by Crippen LogP contribution is 2.25. The predicted octanol–water partition coefficient (Wildman–Crippen LogP) is 4.40. The van der Waals surface area contributed by atoms with E-state index >= 15 is 0 Å². The molecule has 21 heavy (non-hydrogen) atoms. The second-order valence-electron chi connectivity index (χ2n) is 5.05. The fourth-order valence-corrected chi connectivity index (χ4v) is 3.28. The van der Waals surface area contributed by atoms with Gasteiger partial charge in [-0.05, 0) is 35.6 Å². The average Bonchev–Trinajstić information content (AvgIpc) is 2.96. The fourth-order valence-electron chi connectivity index (χ4n) is 1.96. The van der Waals surface area contributed by atoms with Gasteiger partial charge in [0.15, 0.2) is 6.61 Å². The van der Waals surface area contributed by atoms with Crippen molar-refractivity contribution in [3.05, 3.63) is 51.1 Å². The molecule has 5 heteroatoms. The van der Waals surface area contributed by atoms with Crippen molar-refractivity contribution in [3.8, 4) is 5.75 Å². The number of hydrogen-bond acceptors (Lipinski definition) is 3. The maximum absolute atomic E-state index is 12.1. The van der Waals surface area contributed by atoms with Gasteiger partial charge in [-0.2, -0.15) is 0 Å². The van der Waals surface area contributed by atoms with E-state index in [2.05, 4.69) is 35.1 Å². The Balaban J connectivity index is 1.91. The van der Waals surface area contributed by atoms with Gasteiger partial charge in [-0.1, -0.05) is 41.9 Å². The minimum Gasteiger partial charge on any atom is -0.484 e. The van der Waals surface area contributed by atoms with Crippen LogP contribution in [0.15, 0.2) is 46.3 Å². The molecule has 112 valence electrons. The van der Waals surface area contributed by atoms with Crippen molar-refractivity contribution in [1.82, 2.24) is 5.32 Å². The van der Waals surface area contributed by atoms with E-state index in [0.717, 1.165) is 4.47 Å². The van der Waals surface area contributed by atoms with E-state index in [4.69, 9.17) is 4.74 Å². The van der Waals surface area contributed by atoms with Gasteiger partial charge in [-0.3, -0.25) is 4.79 Å². The molecule has 0 aliphatic heterocycles. The van der Waals surface area contributed by atoms with E-state index in [1.54, 1.807) is 11.3 Å². The summed E-state index contributed by atoms with van der Waals surface area (Å²) in [6.07, 6.45) is 0. The van der Waals surface area contributed by atoms with E-state index in [1.165, 1.54) is 4.88 Å². The summed E-state index contributed by atoms with van der Waals surface area (Å²) in [5.74, 6) is 0.900. The highest BCUT2D eigenvalue weighted by atomic mass is 79.9. The van der Waals surface area contributed by atoms with Crippen molar-refractivity contribution in [2.45, 2.75) is 19.9 Å². The molecule has 1 atom stereocenters. The number of hydrogen-bond donors (Lipinski definition) is 1. The Labute approximate surface area is 137 Å². The van der Waals surface area contributed by atoms with Crippen molar-refractivity contribution < 1.29 is 9.53 Å². The average molecular weight is 368 g/mol. The molecule has 0 fully saturated rings. The first kappa shape index (κ1) is 16.0. The first-order valence-electron chi connectivity index (χ1n) is 6.77. The normalized spacial score (nSPS) is 12.2. The first-order valence-corrected chi connectivity index (χ1v) is 8.44. The number of rotatable bonds is 6. The third-order valence-corrected chi connectivity index (χ3v) is 4.45. The largest absolute Gasteiger partial charge is 0.484 e. The molecular formula is C16H18BrNO2S. The molecular weight excluding hydrogens is 350 g/mol. The standard InChI is InChI=1S/C16H18BrNO2S/c1-11(2)16(14-7-4-8-21-14)18-15(19)10-20-13-6-3-5-12(17)9-13/h3-9,11,16H,10H2,1-2H3,(H,18,19)/t16-/m0/s1. The van der Waals surface area contributed by atoms with Crippen molar-refractivity contribution in [2.75, 3.05) is 6.61 Å². The van der Waals surface area contributed by atoms with Gasteiger partial charge in [0.1, 0.15) is 5.75 Å². The highest BCUT2D eigenvalue weighted by Gasteiger charge is 2.19. The lowest BCUT2D eigenvalue weighted by Crippen LogP contribution is -2.34. The lowest BCUT2D eigenvalue weighted by atomic mass is 10.0. The van der Waals surface area contributed by atoms with Crippen LogP contribution in [0.25, 0.3) is 0 Å². The zero-order valence-electron chi connectivity index (χ0n) is 12.0. The molecule has 1 heterocycles. The maximum atomic E-state index is 12.1. The molecule has 0 aliphatic carbocycles. The Morgan fingerprint density at radius 2 is 2.14 bits per heavy atom. The van der Waals surface area contributed by atoms with Crippen LogP contribution in [0.5, 0.6) is 5.75 Å². The smallest absolute Gasteiger partial charge is 0.258 e. The van der Waals surface area contributed by atoms with Gasteiger partial charge in [0.25, 0.3) is 5.91 Å². The minimum absolute atomic E-state index is 0.0189. The summed E-state index contributed by atoms with van der Waals surface area (Å²) in [4.78, 5) is 13.2. The topological polar surface area (TPSA) is 38.3 Å². The lowest BCUT2D eigenvalue weighted by Gasteiger charge is -2.21. The minimum atomic E-state index is -0.109. The molecule has 0 spiro atoms. The highest BCUT2D eigenvalue weighted by molar-refractivity contribution is 9.10. The van der Waals surface area contributed by atoms with E-state index in [9.17, 15) is 4.79 Å². The number of amides is 1. The van der Waals surface area contributed by atoms with Crippen LogP contribution in [0, 0.1) is 5.92 Å². The molecule has 2 rings (SSSR count). The number of carbonyl (C=O) groups excluding carboxylic acids is 1. The van der Waals surface area contributed by atoms with E-state index in [1.807, 2.05) is 41.8 Å². The SMILES string of the molecule is CC(C)[C@H](NC(=O)COc1cccc(Br)c1)c1cccs1. The van der Waals surface area contributed by atoms with Gasteiger partial charge in [0.2, 0.25) is 0 Å². The molecule has 1 aromatic carbocycles. The van der Waals surface area contributed by atoms with Crippen molar-refractivity contribution in [2.24, 2.45) is 5.92 Å². The molecule has 1 N–H and O–H groups in total. The number of benzene rings is 1. The molecule has 0 radical (unpaired) electrons. The van der Waals surface area contributed by atoms with Gasteiger partial charge in [-0.25, -0.2) is 0 Å². The summed E-state index contributed by atoms with van der Waals surface area (Å²) >= 11 is 5.03. The second-order valence-corrected chi connectivity index (χ2v) is 6.95. The maximum Gasteiger partial charge on any atom is 0.258 e. The lowest BCUT2D eigenvalue weighted by molar-refractivity contribution is -0.124. The number of carbonyl (C=O) groups is 1. The fraction of sp³-hybridized carbons (Fsp3) is 0.312. The van der Waals surface area contributed by atoms with Gasteiger partial charge >= 0.3 is 0 Å². The summed E-state index contributed by atoms with van der Waals surface area (Å²) in [5.41, 5.74) is 0. The van der Waals surface area contributed by atoms with Crippen LogP contribution < -0.4 is 10.1 Å². The quantitative estimate of drug-likeness (QED) is 0.821. The molecule has 2 aromatic rings. The Bertz CT molecular complexity index is 584. The molecule has 0 aliphatic rings. The van der Waals surface area contributed by atoms with Gasteiger partial charge in [0, 0.05) is 9.35 Å². The Hall–Kier alpha value is -1.33. The third kappa shape index (κ3) is 4.86. The van der Waals surface area contributed by atoms with E-state index in [-0.39, 0.29) is 18.6 Å². The van der Waals surface area contributed by atoms with E-state index in [0.29, 0.717) is 11.7 Å². The molecule has 3 nitrogen and oxygen atoms in total. The molecule has 0 saturated carbocycles. The van der Waals surface area contributed by atoms with Crippen LogP contribution in [0.2, 0.25) is 0 Å². The molecule has 0 bridgehead atoms. The zero-order chi connectivity index (χ0) is 15.2. The number of nitrogens with one attached hydrogen (secondary N) is 1. The van der Waals surface area contributed by atoms with Crippen LogP contribution in [0.4, 0.5) is 0 Å². The molecule has 1 aromatic heterocycles. The molecule has 0 saturated heterocycles. The Morgan fingerprint density at radius 1 is 1.33 bits per heavy atom. The van der Waals surface area contributed by atoms with E-state index < -0.39 is 0 Å². The third-order valence-electron chi connectivity index (χ3n) is 3.00. The number of halogens is 1. The zero-order valence-corrected chi connectivity index (χ0v) is 14.4. The van der Waals surface area contributed by atoms with Crippen LogP contribution in [0.3, 0.4) is 0 Å². The van der Waals surface area contributed by atoms with Crippen LogP contribution in [-0.2, 0) is 4.79 Å². The van der Waals surface area contributed by atoms with Crippen LogP contribution in [0.1, 0.15) is 24.8 Å². The monoisotopic (exact) mass is 367 g/mol. The van der Waals surface area contributed by atoms with Gasteiger partial charge in [0.05, 0.1) is 6.04 Å².